The molecule has 27 heavy (non-hydrogen) atoms. The largest absolute Gasteiger partial charge is 0.480 e. The van der Waals surface area contributed by atoms with Crippen LogP contribution < -0.4 is 11.0 Å². The number of aromatic nitrogens is 3. The summed E-state index contributed by atoms with van der Waals surface area (Å²) < 4.78 is 0. The quantitative estimate of drug-likeness (QED) is 0.606. The SMILES string of the molecule is Cc1ccccc1[C@H]1[C@@H](C(=O)NCc2n[nH]c(=O)[nH]2)C[C@@](C)(C(=O)O)N1C. The summed E-state index contributed by atoms with van der Waals surface area (Å²) in [5.74, 6) is -1.48. The number of benzene rings is 1. The molecule has 9 heteroatoms. The number of carboxylic acid groups (broad SMARTS) is 1. The van der Waals surface area contributed by atoms with Crippen molar-refractivity contribution in [3.05, 3.63) is 51.7 Å². The summed E-state index contributed by atoms with van der Waals surface area (Å²) in [6.45, 7) is 3.64. The smallest absolute Gasteiger partial charge is 0.340 e. The number of rotatable bonds is 5. The standard InChI is InChI=1S/C18H23N5O4/c1-10-6-4-5-7-11(10)14-12(8-18(2,16(25)26)23(14)3)15(24)19-9-13-20-17(27)22-21-13/h4-7,12,14H,8-9H2,1-3H3,(H,19,24)(H,25,26)(H2,20,21,22,27)/t12-,14-,18-/m0/s1. The highest BCUT2D eigenvalue weighted by atomic mass is 16.4. The summed E-state index contributed by atoms with van der Waals surface area (Å²) in [6.07, 6.45) is 0.181. The van der Waals surface area contributed by atoms with E-state index in [1.807, 2.05) is 31.2 Å². The van der Waals surface area contributed by atoms with Gasteiger partial charge in [-0.1, -0.05) is 24.3 Å². The van der Waals surface area contributed by atoms with Gasteiger partial charge in [0.25, 0.3) is 0 Å². The van der Waals surface area contributed by atoms with E-state index in [1.165, 1.54) is 0 Å². The van der Waals surface area contributed by atoms with Gasteiger partial charge in [-0.15, -0.1) is 0 Å². The number of amides is 1. The van der Waals surface area contributed by atoms with Crippen LogP contribution in [0.25, 0.3) is 0 Å². The first-order valence-electron chi connectivity index (χ1n) is 8.67. The molecule has 3 rings (SSSR count). The molecule has 1 aliphatic rings. The average molecular weight is 373 g/mol. The Morgan fingerprint density at radius 3 is 2.70 bits per heavy atom. The molecule has 144 valence electrons. The molecular weight excluding hydrogens is 350 g/mol. The Balaban J connectivity index is 1.90. The van der Waals surface area contributed by atoms with Gasteiger partial charge in [0.15, 0.2) is 0 Å². The topological polar surface area (TPSA) is 131 Å². The van der Waals surface area contributed by atoms with Crippen molar-refractivity contribution in [2.45, 2.75) is 38.4 Å². The van der Waals surface area contributed by atoms with E-state index >= 15 is 0 Å². The summed E-state index contributed by atoms with van der Waals surface area (Å²) in [4.78, 5) is 40.2. The first-order chi connectivity index (χ1) is 12.7. The van der Waals surface area contributed by atoms with E-state index < -0.39 is 23.1 Å². The second kappa shape index (κ2) is 6.99. The van der Waals surface area contributed by atoms with Crippen molar-refractivity contribution in [2.75, 3.05) is 7.05 Å². The second-order valence-electron chi connectivity index (χ2n) is 7.14. The number of nitrogens with zero attached hydrogens (tertiary/aromatic N) is 2. The average Bonchev–Trinajstić information content (AvgIpc) is 3.16. The summed E-state index contributed by atoms with van der Waals surface area (Å²) in [7, 11) is 1.74. The first-order valence-corrected chi connectivity index (χ1v) is 8.67. The van der Waals surface area contributed by atoms with Crippen LogP contribution in [0.3, 0.4) is 0 Å². The van der Waals surface area contributed by atoms with Gasteiger partial charge in [-0.05, 0) is 38.4 Å². The van der Waals surface area contributed by atoms with Crippen LogP contribution >= 0.6 is 0 Å². The van der Waals surface area contributed by atoms with Crippen molar-refractivity contribution in [1.82, 2.24) is 25.4 Å². The zero-order valence-corrected chi connectivity index (χ0v) is 15.4. The number of aryl methyl sites for hydroxylation is 1. The molecule has 9 nitrogen and oxygen atoms in total. The van der Waals surface area contributed by atoms with Crippen molar-refractivity contribution in [2.24, 2.45) is 5.92 Å². The van der Waals surface area contributed by atoms with Gasteiger partial charge in [0.05, 0.1) is 12.5 Å². The Hall–Kier alpha value is -2.94. The Labute approximate surface area is 155 Å². The molecule has 0 unspecified atom stereocenters. The van der Waals surface area contributed by atoms with Crippen LogP contribution in [0.15, 0.2) is 29.1 Å². The van der Waals surface area contributed by atoms with Crippen molar-refractivity contribution >= 4 is 11.9 Å². The lowest BCUT2D eigenvalue weighted by Crippen LogP contribution is -2.46. The zero-order chi connectivity index (χ0) is 19.8. The van der Waals surface area contributed by atoms with Crippen LogP contribution in [0.1, 0.15) is 36.3 Å². The molecular formula is C18H23N5O4. The summed E-state index contributed by atoms with van der Waals surface area (Å²) in [5.41, 5.74) is 0.322. The third kappa shape index (κ3) is 3.37. The molecule has 1 saturated heterocycles. The van der Waals surface area contributed by atoms with Crippen LogP contribution in [0, 0.1) is 12.8 Å². The molecule has 0 bridgehead atoms. The second-order valence-corrected chi connectivity index (χ2v) is 7.14. The normalized spacial score (nSPS) is 25.4. The highest BCUT2D eigenvalue weighted by molar-refractivity contribution is 5.85. The zero-order valence-electron chi connectivity index (χ0n) is 15.4. The van der Waals surface area contributed by atoms with E-state index in [1.54, 1.807) is 18.9 Å². The molecule has 1 aliphatic heterocycles. The van der Waals surface area contributed by atoms with Crippen LogP contribution in [-0.2, 0) is 16.1 Å². The number of aromatic amines is 2. The van der Waals surface area contributed by atoms with E-state index in [9.17, 15) is 19.5 Å². The molecule has 3 atom stereocenters. The van der Waals surface area contributed by atoms with E-state index in [4.69, 9.17) is 0 Å². The third-order valence-electron chi connectivity index (χ3n) is 5.48. The Morgan fingerprint density at radius 1 is 1.41 bits per heavy atom. The predicted molar refractivity (Wildman–Crippen MR) is 96.9 cm³/mol. The number of hydrogen-bond acceptors (Lipinski definition) is 5. The van der Waals surface area contributed by atoms with Gasteiger partial charge in [-0.3, -0.25) is 19.5 Å². The van der Waals surface area contributed by atoms with Gasteiger partial charge in [0.2, 0.25) is 5.91 Å². The molecule has 0 aliphatic carbocycles. The Morgan fingerprint density at radius 2 is 2.11 bits per heavy atom. The molecule has 1 fully saturated rings. The van der Waals surface area contributed by atoms with Gasteiger partial charge < -0.3 is 10.4 Å². The number of nitrogens with one attached hydrogen (secondary N) is 3. The lowest BCUT2D eigenvalue weighted by Gasteiger charge is -2.32. The van der Waals surface area contributed by atoms with Crippen LogP contribution in [-0.4, -0.2) is 49.7 Å². The summed E-state index contributed by atoms with van der Waals surface area (Å²) >= 11 is 0. The number of carbonyl (C=O) groups excluding carboxylic acids is 1. The molecule has 2 heterocycles. The van der Waals surface area contributed by atoms with E-state index in [0.29, 0.717) is 5.82 Å². The monoisotopic (exact) mass is 373 g/mol. The fraction of sp³-hybridized carbons (Fsp3) is 0.444. The maximum atomic E-state index is 12.9. The first kappa shape index (κ1) is 18.8. The third-order valence-corrected chi connectivity index (χ3v) is 5.48. The van der Waals surface area contributed by atoms with Crippen LogP contribution in [0.5, 0.6) is 0 Å². The highest BCUT2D eigenvalue weighted by Gasteiger charge is 2.54. The molecule has 2 aromatic rings. The predicted octanol–water partition coefficient (Wildman–Crippen LogP) is 0.559. The maximum absolute atomic E-state index is 12.9. The van der Waals surface area contributed by atoms with Crippen molar-refractivity contribution in [3.8, 4) is 0 Å². The van der Waals surface area contributed by atoms with Crippen LogP contribution in [0.2, 0.25) is 0 Å². The molecule has 1 amide bonds. The van der Waals surface area contributed by atoms with Gasteiger partial charge in [-0.25, -0.2) is 9.89 Å². The molecule has 0 spiro atoms. The maximum Gasteiger partial charge on any atom is 0.340 e. The van der Waals surface area contributed by atoms with Crippen molar-refractivity contribution in [3.63, 3.8) is 0 Å². The lowest BCUT2D eigenvalue weighted by molar-refractivity contribution is -0.148. The van der Waals surface area contributed by atoms with E-state index in [2.05, 4.69) is 20.5 Å². The number of hydrogen-bond donors (Lipinski definition) is 4. The fourth-order valence-electron chi connectivity index (χ4n) is 3.77. The fourth-order valence-corrected chi connectivity index (χ4v) is 3.77. The molecule has 1 aromatic carbocycles. The number of carbonyl (C=O) groups is 2. The van der Waals surface area contributed by atoms with E-state index in [-0.39, 0.29) is 24.9 Å². The number of likely N-dealkylation sites (tertiary alicyclic amines) is 1. The lowest BCUT2D eigenvalue weighted by atomic mass is 9.88. The molecule has 0 saturated carbocycles. The van der Waals surface area contributed by atoms with Gasteiger partial charge in [0.1, 0.15) is 11.4 Å². The Kier molecular flexibility index (Phi) is 4.88. The highest BCUT2D eigenvalue weighted by Crippen LogP contribution is 2.46. The number of likely N-dealkylation sites (N-methyl/N-ethyl adjacent to an activating group) is 1. The molecule has 0 radical (unpaired) electrons. The summed E-state index contributed by atoms with van der Waals surface area (Å²) in [5, 5.41) is 18.5. The minimum Gasteiger partial charge on any atom is -0.480 e. The van der Waals surface area contributed by atoms with E-state index in [0.717, 1.165) is 11.1 Å². The number of H-pyrrole nitrogens is 2. The summed E-state index contributed by atoms with van der Waals surface area (Å²) in [6, 6.07) is 7.30. The van der Waals surface area contributed by atoms with Gasteiger partial charge in [-0.2, -0.15) is 5.10 Å². The van der Waals surface area contributed by atoms with Crippen molar-refractivity contribution in [1.29, 1.82) is 0 Å². The van der Waals surface area contributed by atoms with Gasteiger partial charge >= 0.3 is 11.7 Å². The van der Waals surface area contributed by atoms with Crippen molar-refractivity contribution < 1.29 is 14.7 Å². The number of aliphatic carboxylic acids is 1. The van der Waals surface area contributed by atoms with Gasteiger partial charge in [0, 0.05) is 6.04 Å². The minimum absolute atomic E-state index is 0.0576. The Bertz CT molecular complexity index is 920. The minimum atomic E-state index is -1.16. The number of carboxylic acids is 1. The van der Waals surface area contributed by atoms with Crippen LogP contribution in [0.4, 0.5) is 0 Å². The molecule has 4 N–H and O–H groups in total. The molecule has 1 aromatic heterocycles.